The number of carbonyl (C=O) groups is 1. The van der Waals surface area contributed by atoms with Crippen LogP contribution in [0.4, 0.5) is 19.0 Å². The van der Waals surface area contributed by atoms with Gasteiger partial charge in [-0.3, -0.25) is 9.48 Å². The SMILES string of the molecule is Cc1nn(C)cc1CN(C)C(=O)c1nn2c(c1Cl)NC(c1cccs1)CC2C(F)(F)F. The van der Waals surface area contributed by atoms with Gasteiger partial charge >= 0.3 is 6.18 Å². The zero-order valence-corrected chi connectivity index (χ0v) is 18.5. The van der Waals surface area contributed by atoms with Crippen molar-refractivity contribution in [1.82, 2.24) is 24.5 Å². The third-order valence-corrected chi connectivity index (χ3v) is 6.60. The summed E-state index contributed by atoms with van der Waals surface area (Å²) in [5, 5.41) is 13.0. The smallest absolute Gasteiger partial charge is 0.361 e. The van der Waals surface area contributed by atoms with E-state index in [1.54, 1.807) is 42.5 Å². The number of thiophene rings is 1. The second-order valence-corrected chi connectivity index (χ2v) is 8.89. The van der Waals surface area contributed by atoms with Crippen molar-refractivity contribution in [2.45, 2.75) is 38.1 Å². The number of nitrogens with zero attached hydrogens (tertiary/aromatic N) is 5. The van der Waals surface area contributed by atoms with E-state index < -0.39 is 24.2 Å². The topological polar surface area (TPSA) is 68.0 Å². The maximum atomic E-state index is 13.8. The van der Waals surface area contributed by atoms with Crippen LogP contribution in [0.1, 0.15) is 45.1 Å². The van der Waals surface area contributed by atoms with Gasteiger partial charge in [0.1, 0.15) is 10.8 Å². The molecule has 31 heavy (non-hydrogen) atoms. The van der Waals surface area contributed by atoms with Crippen molar-refractivity contribution in [1.29, 1.82) is 0 Å². The lowest BCUT2D eigenvalue weighted by atomic mass is 10.0. The van der Waals surface area contributed by atoms with E-state index in [0.717, 1.165) is 20.8 Å². The Labute approximate surface area is 185 Å². The number of alkyl halides is 3. The maximum absolute atomic E-state index is 13.8. The number of halogens is 4. The molecule has 0 radical (unpaired) electrons. The minimum absolute atomic E-state index is 0.00273. The number of hydrogen-bond acceptors (Lipinski definition) is 5. The van der Waals surface area contributed by atoms with E-state index in [2.05, 4.69) is 15.5 Å². The summed E-state index contributed by atoms with van der Waals surface area (Å²) < 4.78 is 43.9. The molecule has 2 unspecified atom stereocenters. The summed E-state index contributed by atoms with van der Waals surface area (Å²) in [5.74, 6) is -0.562. The molecule has 1 aliphatic heterocycles. The van der Waals surface area contributed by atoms with Gasteiger partial charge in [-0.05, 0) is 18.4 Å². The summed E-state index contributed by atoms with van der Waals surface area (Å²) in [6, 6.07) is 1.08. The lowest BCUT2D eigenvalue weighted by Crippen LogP contribution is -2.35. The number of anilines is 1. The first kappa shape index (κ1) is 21.7. The highest BCUT2D eigenvalue weighted by molar-refractivity contribution is 7.10. The van der Waals surface area contributed by atoms with E-state index in [1.165, 1.54) is 16.2 Å². The molecule has 4 rings (SSSR count). The molecule has 1 N–H and O–H groups in total. The molecule has 0 bridgehead atoms. The van der Waals surface area contributed by atoms with Gasteiger partial charge in [0.15, 0.2) is 11.7 Å². The fourth-order valence-electron chi connectivity index (χ4n) is 3.71. The average molecular weight is 473 g/mol. The van der Waals surface area contributed by atoms with E-state index in [4.69, 9.17) is 11.6 Å². The van der Waals surface area contributed by atoms with Crippen LogP contribution in [-0.2, 0) is 13.6 Å². The molecular weight excluding hydrogens is 453 g/mol. The van der Waals surface area contributed by atoms with Gasteiger partial charge in [-0.25, -0.2) is 4.68 Å². The first-order valence-corrected chi connectivity index (χ1v) is 10.7. The van der Waals surface area contributed by atoms with Gasteiger partial charge in [0.05, 0.1) is 11.7 Å². The molecule has 3 aromatic rings. The Hall–Kier alpha value is -2.53. The van der Waals surface area contributed by atoms with Gasteiger partial charge in [0.25, 0.3) is 5.91 Å². The van der Waals surface area contributed by atoms with Crippen LogP contribution in [0.15, 0.2) is 23.7 Å². The Morgan fingerprint density at radius 3 is 2.74 bits per heavy atom. The van der Waals surface area contributed by atoms with E-state index in [1.807, 2.05) is 6.92 Å². The lowest BCUT2D eigenvalue weighted by molar-refractivity contribution is -0.173. The van der Waals surface area contributed by atoms with Crippen LogP contribution in [0.3, 0.4) is 0 Å². The Kier molecular flexibility index (Phi) is 5.50. The first-order chi connectivity index (χ1) is 14.6. The van der Waals surface area contributed by atoms with Crippen LogP contribution in [0.25, 0.3) is 0 Å². The van der Waals surface area contributed by atoms with Crippen LogP contribution < -0.4 is 5.32 Å². The number of nitrogens with one attached hydrogen (secondary N) is 1. The molecule has 0 aromatic carbocycles. The van der Waals surface area contributed by atoms with Crippen molar-refractivity contribution in [3.05, 3.63) is 50.6 Å². The maximum Gasteiger partial charge on any atom is 0.410 e. The fourth-order valence-corrected chi connectivity index (χ4v) is 4.76. The van der Waals surface area contributed by atoms with E-state index in [-0.39, 0.29) is 29.5 Å². The monoisotopic (exact) mass is 472 g/mol. The number of aromatic nitrogens is 4. The van der Waals surface area contributed by atoms with Crippen LogP contribution in [-0.4, -0.2) is 43.6 Å². The van der Waals surface area contributed by atoms with Crippen LogP contribution >= 0.6 is 22.9 Å². The molecule has 0 saturated heterocycles. The molecule has 166 valence electrons. The minimum Gasteiger partial charge on any atom is -0.361 e. The molecule has 0 fully saturated rings. The largest absolute Gasteiger partial charge is 0.410 e. The number of amides is 1. The molecule has 12 heteroatoms. The van der Waals surface area contributed by atoms with Gasteiger partial charge in [-0.2, -0.15) is 23.4 Å². The number of aryl methyl sites for hydroxylation is 2. The van der Waals surface area contributed by atoms with Crippen molar-refractivity contribution < 1.29 is 18.0 Å². The fraction of sp³-hybridized carbons (Fsp3) is 0.421. The van der Waals surface area contributed by atoms with Crippen LogP contribution in [0.2, 0.25) is 5.02 Å². The number of hydrogen-bond donors (Lipinski definition) is 1. The zero-order valence-electron chi connectivity index (χ0n) is 16.9. The van der Waals surface area contributed by atoms with Crippen molar-refractivity contribution >= 4 is 34.7 Å². The lowest BCUT2D eigenvalue weighted by Gasteiger charge is -2.32. The van der Waals surface area contributed by atoms with Gasteiger partial charge in [0.2, 0.25) is 0 Å². The van der Waals surface area contributed by atoms with Gasteiger partial charge in [0, 0.05) is 43.7 Å². The van der Waals surface area contributed by atoms with Crippen LogP contribution in [0.5, 0.6) is 0 Å². The molecule has 2 atom stereocenters. The number of rotatable bonds is 4. The van der Waals surface area contributed by atoms with Crippen molar-refractivity contribution in [3.63, 3.8) is 0 Å². The summed E-state index contributed by atoms with van der Waals surface area (Å²) in [5.41, 5.74) is 1.37. The highest BCUT2D eigenvalue weighted by atomic mass is 35.5. The predicted molar refractivity (Wildman–Crippen MR) is 111 cm³/mol. The van der Waals surface area contributed by atoms with Crippen molar-refractivity contribution in [2.24, 2.45) is 7.05 Å². The van der Waals surface area contributed by atoms with Crippen molar-refractivity contribution in [3.8, 4) is 0 Å². The quantitative estimate of drug-likeness (QED) is 0.604. The minimum atomic E-state index is -4.54. The van der Waals surface area contributed by atoms with Gasteiger partial charge in [-0.1, -0.05) is 17.7 Å². The van der Waals surface area contributed by atoms with E-state index >= 15 is 0 Å². The highest BCUT2D eigenvalue weighted by Gasteiger charge is 2.48. The normalized spacial score (nSPS) is 18.5. The third kappa shape index (κ3) is 4.03. The van der Waals surface area contributed by atoms with Gasteiger partial charge < -0.3 is 10.2 Å². The Bertz CT molecular complexity index is 1110. The molecule has 7 nitrogen and oxygen atoms in total. The molecular formula is C19H20ClF3N6OS. The van der Waals surface area contributed by atoms with Gasteiger partial charge in [-0.15, -0.1) is 11.3 Å². The summed E-state index contributed by atoms with van der Waals surface area (Å²) in [6.07, 6.45) is -3.00. The Morgan fingerprint density at radius 1 is 1.42 bits per heavy atom. The standard InChI is InChI=1S/C19H20ClF3N6OS/c1-10-11(9-28(3)25-10)8-27(2)18(30)16-15(20)17-24-12(13-5-4-6-31-13)7-14(19(21,22)23)29(17)26-16/h4-6,9,12,14,24H,7-8H2,1-3H3. The van der Waals surface area contributed by atoms with E-state index in [9.17, 15) is 18.0 Å². The summed E-state index contributed by atoms with van der Waals surface area (Å²) in [6.45, 7) is 2.05. The zero-order chi connectivity index (χ0) is 22.5. The van der Waals surface area contributed by atoms with Crippen LogP contribution in [0, 0.1) is 6.92 Å². The number of fused-ring (bicyclic) bond motifs is 1. The number of carbonyl (C=O) groups excluding carboxylic acids is 1. The molecule has 0 saturated carbocycles. The third-order valence-electron chi connectivity index (χ3n) is 5.25. The summed E-state index contributed by atoms with van der Waals surface area (Å²) >= 11 is 7.75. The second-order valence-electron chi connectivity index (χ2n) is 7.54. The summed E-state index contributed by atoms with van der Waals surface area (Å²) in [7, 11) is 3.32. The molecule has 1 amide bonds. The summed E-state index contributed by atoms with van der Waals surface area (Å²) in [4.78, 5) is 15.1. The molecule has 1 aliphatic rings. The Balaban J connectivity index is 1.67. The highest BCUT2D eigenvalue weighted by Crippen LogP contribution is 2.46. The first-order valence-electron chi connectivity index (χ1n) is 9.45. The van der Waals surface area contributed by atoms with E-state index in [0.29, 0.717) is 0 Å². The molecule has 3 aromatic heterocycles. The van der Waals surface area contributed by atoms with Crippen molar-refractivity contribution in [2.75, 3.05) is 12.4 Å². The average Bonchev–Trinajstić information content (AvgIpc) is 3.40. The molecule has 0 spiro atoms. The molecule has 0 aliphatic carbocycles. The predicted octanol–water partition coefficient (Wildman–Crippen LogP) is 4.57. The Morgan fingerprint density at radius 2 is 2.16 bits per heavy atom. The second kappa shape index (κ2) is 7.86. The molecule has 4 heterocycles.